The highest BCUT2D eigenvalue weighted by Crippen LogP contribution is 2.26. The van der Waals surface area contributed by atoms with Crippen molar-refractivity contribution in [2.45, 2.75) is 24.7 Å². The number of sulfonamides is 1. The lowest BCUT2D eigenvalue weighted by Crippen LogP contribution is -2.48. The molecular formula is C14H22N2O2S. The van der Waals surface area contributed by atoms with E-state index in [4.69, 9.17) is 0 Å². The first-order valence-electron chi connectivity index (χ1n) is 6.69. The van der Waals surface area contributed by atoms with Crippen molar-refractivity contribution >= 4 is 10.0 Å². The van der Waals surface area contributed by atoms with E-state index >= 15 is 0 Å². The molecule has 0 radical (unpaired) electrons. The summed E-state index contributed by atoms with van der Waals surface area (Å²) in [5, 5.41) is 3.17. The molecule has 5 heteroatoms. The summed E-state index contributed by atoms with van der Waals surface area (Å²) in [4.78, 5) is 0.444. The summed E-state index contributed by atoms with van der Waals surface area (Å²) in [5.74, 6) is 0.635. The summed E-state index contributed by atoms with van der Waals surface area (Å²) in [5.41, 5.74) is 0.890. The molecule has 1 saturated heterocycles. The molecule has 0 bridgehead atoms. The van der Waals surface area contributed by atoms with Crippen LogP contribution in [0.1, 0.15) is 25.3 Å². The molecule has 106 valence electrons. The van der Waals surface area contributed by atoms with Crippen LogP contribution >= 0.6 is 0 Å². The highest BCUT2D eigenvalue weighted by molar-refractivity contribution is 7.89. The van der Waals surface area contributed by atoms with Crippen LogP contribution in [-0.4, -0.2) is 39.4 Å². The van der Waals surface area contributed by atoms with Crippen molar-refractivity contribution in [1.29, 1.82) is 0 Å². The van der Waals surface area contributed by atoms with Gasteiger partial charge in [0.15, 0.2) is 0 Å². The largest absolute Gasteiger partial charge is 0.316 e. The van der Waals surface area contributed by atoms with Gasteiger partial charge in [-0.15, -0.1) is 0 Å². The minimum atomic E-state index is -3.38. The van der Waals surface area contributed by atoms with Crippen LogP contribution in [0.15, 0.2) is 29.2 Å². The Bertz CT molecular complexity index is 536. The molecule has 1 N–H and O–H groups in total. The van der Waals surface area contributed by atoms with Crippen LogP contribution in [0.2, 0.25) is 0 Å². The maximum Gasteiger partial charge on any atom is 0.243 e. The van der Waals surface area contributed by atoms with Gasteiger partial charge in [-0.2, -0.15) is 0 Å². The van der Waals surface area contributed by atoms with Crippen molar-refractivity contribution in [3.05, 3.63) is 29.8 Å². The number of nitrogens with one attached hydrogen (secondary N) is 1. The third-order valence-corrected chi connectivity index (χ3v) is 5.51. The molecule has 0 amide bonds. The van der Waals surface area contributed by atoms with E-state index in [-0.39, 0.29) is 5.92 Å². The standard InChI is InChI=1S/C14H22N2O2S/c1-11(2)13-6-4-5-7-14(13)19(17,18)16(3)10-12-8-15-9-12/h4-7,11-12,15H,8-10H2,1-3H3. The SMILES string of the molecule is CC(C)c1ccccc1S(=O)(=O)N(C)CC1CNC1. The number of rotatable bonds is 5. The van der Waals surface area contributed by atoms with Gasteiger partial charge in [0, 0.05) is 26.7 Å². The molecule has 4 nitrogen and oxygen atoms in total. The Kier molecular flexibility index (Phi) is 4.28. The Morgan fingerprint density at radius 1 is 1.32 bits per heavy atom. The average Bonchev–Trinajstić information content (AvgIpc) is 2.33. The molecule has 1 fully saturated rings. The molecule has 0 aliphatic carbocycles. The minimum Gasteiger partial charge on any atom is -0.316 e. The molecular weight excluding hydrogens is 260 g/mol. The van der Waals surface area contributed by atoms with Crippen molar-refractivity contribution in [1.82, 2.24) is 9.62 Å². The fourth-order valence-electron chi connectivity index (χ4n) is 2.30. The monoisotopic (exact) mass is 282 g/mol. The van der Waals surface area contributed by atoms with Crippen molar-refractivity contribution in [3.63, 3.8) is 0 Å². The fourth-order valence-corrected chi connectivity index (χ4v) is 3.89. The highest BCUT2D eigenvalue weighted by Gasteiger charge is 2.28. The van der Waals surface area contributed by atoms with Crippen LogP contribution in [0.5, 0.6) is 0 Å². The van der Waals surface area contributed by atoms with E-state index in [1.54, 1.807) is 19.2 Å². The summed E-state index contributed by atoms with van der Waals surface area (Å²) in [6, 6.07) is 7.29. The predicted octanol–water partition coefficient (Wildman–Crippen LogP) is 1.65. The van der Waals surface area contributed by atoms with Crippen LogP contribution in [0.25, 0.3) is 0 Å². The summed E-state index contributed by atoms with van der Waals surface area (Å²) in [6.07, 6.45) is 0. The number of hydrogen-bond donors (Lipinski definition) is 1. The quantitative estimate of drug-likeness (QED) is 0.893. The topological polar surface area (TPSA) is 49.4 Å². The van der Waals surface area contributed by atoms with Crippen LogP contribution in [0.4, 0.5) is 0 Å². The molecule has 1 aliphatic heterocycles. The summed E-state index contributed by atoms with van der Waals surface area (Å²) < 4.78 is 26.8. The Hall–Kier alpha value is -0.910. The summed E-state index contributed by atoms with van der Waals surface area (Å²) in [6.45, 7) is 6.44. The van der Waals surface area contributed by atoms with E-state index in [1.807, 2.05) is 26.0 Å². The molecule has 1 aromatic rings. The zero-order valence-electron chi connectivity index (χ0n) is 11.8. The lowest BCUT2D eigenvalue weighted by Gasteiger charge is -2.31. The van der Waals surface area contributed by atoms with Crippen LogP contribution in [0.3, 0.4) is 0 Å². The Labute approximate surface area is 115 Å². The molecule has 19 heavy (non-hydrogen) atoms. The minimum absolute atomic E-state index is 0.199. The molecule has 0 spiro atoms. The first-order chi connectivity index (χ1) is 8.93. The van der Waals surface area contributed by atoms with Gasteiger partial charge in [0.05, 0.1) is 4.90 Å². The predicted molar refractivity (Wildman–Crippen MR) is 76.7 cm³/mol. The van der Waals surface area contributed by atoms with Gasteiger partial charge in [-0.1, -0.05) is 32.0 Å². The van der Waals surface area contributed by atoms with Crippen molar-refractivity contribution in [2.75, 3.05) is 26.7 Å². The van der Waals surface area contributed by atoms with E-state index in [9.17, 15) is 8.42 Å². The van der Waals surface area contributed by atoms with Crippen molar-refractivity contribution in [3.8, 4) is 0 Å². The second-order valence-electron chi connectivity index (χ2n) is 5.50. The second-order valence-corrected chi connectivity index (χ2v) is 7.52. The van der Waals surface area contributed by atoms with Crippen LogP contribution < -0.4 is 5.32 Å². The lowest BCUT2D eigenvalue weighted by molar-refractivity contribution is 0.288. The van der Waals surface area contributed by atoms with E-state index in [1.165, 1.54) is 4.31 Å². The van der Waals surface area contributed by atoms with Gasteiger partial charge < -0.3 is 5.32 Å². The lowest BCUT2D eigenvalue weighted by atomic mass is 10.0. The molecule has 1 heterocycles. The highest BCUT2D eigenvalue weighted by atomic mass is 32.2. The first-order valence-corrected chi connectivity index (χ1v) is 8.13. The van der Waals surface area contributed by atoms with E-state index in [2.05, 4.69) is 5.32 Å². The maximum absolute atomic E-state index is 12.6. The Morgan fingerprint density at radius 2 is 1.95 bits per heavy atom. The van der Waals surface area contributed by atoms with E-state index < -0.39 is 10.0 Å². The van der Waals surface area contributed by atoms with Crippen molar-refractivity contribution in [2.24, 2.45) is 5.92 Å². The third-order valence-electron chi connectivity index (χ3n) is 3.61. The molecule has 0 unspecified atom stereocenters. The molecule has 1 aromatic carbocycles. The van der Waals surface area contributed by atoms with Gasteiger partial charge in [0.25, 0.3) is 0 Å². The van der Waals surface area contributed by atoms with Gasteiger partial charge in [0.1, 0.15) is 0 Å². The first kappa shape index (κ1) is 14.5. The van der Waals surface area contributed by atoms with Crippen LogP contribution in [-0.2, 0) is 10.0 Å². The molecule has 0 atom stereocenters. The number of nitrogens with zero attached hydrogens (tertiary/aromatic N) is 1. The summed E-state index contributed by atoms with van der Waals surface area (Å²) in [7, 11) is -1.71. The maximum atomic E-state index is 12.6. The van der Waals surface area contributed by atoms with Gasteiger partial charge >= 0.3 is 0 Å². The summed E-state index contributed by atoms with van der Waals surface area (Å²) >= 11 is 0. The second kappa shape index (κ2) is 5.61. The normalized spacial score (nSPS) is 16.9. The Balaban J connectivity index is 2.27. The molecule has 0 saturated carbocycles. The number of hydrogen-bond acceptors (Lipinski definition) is 3. The van der Waals surface area contributed by atoms with Crippen molar-refractivity contribution < 1.29 is 8.42 Å². The smallest absolute Gasteiger partial charge is 0.243 e. The Morgan fingerprint density at radius 3 is 2.47 bits per heavy atom. The zero-order chi connectivity index (χ0) is 14.0. The van der Waals surface area contributed by atoms with Gasteiger partial charge in [-0.3, -0.25) is 0 Å². The zero-order valence-corrected chi connectivity index (χ0v) is 12.6. The molecule has 2 rings (SSSR count). The van der Waals surface area contributed by atoms with E-state index in [0.29, 0.717) is 17.4 Å². The van der Waals surface area contributed by atoms with Gasteiger partial charge in [-0.05, 0) is 23.5 Å². The third kappa shape index (κ3) is 2.99. The van der Waals surface area contributed by atoms with Gasteiger partial charge in [0.2, 0.25) is 10.0 Å². The van der Waals surface area contributed by atoms with Crippen LogP contribution in [0, 0.1) is 5.92 Å². The molecule has 0 aromatic heterocycles. The van der Waals surface area contributed by atoms with E-state index in [0.717, 1.165) is 18.7 Å². The number of benzene rings is 1. The average molecular weight is 282 g/mol. The van der Waals surface area contributed by atoms with Gasteiger partial charge in [-0.25, -0.2) is 12.7 Å². The fraction of sp³-hybridized carbons (Fsp3) is 0.571. The molecule has 1 aliphatic rings.